The molecule has 0 heterocycles. The van der Waals surface area contributed by atoms with Crippen molar-refractivity contribution in [1.82, 2.24) is 0 Å². The predicted molar refractivity (Wildman–Crippen MR) is 64.2 cm³/mol. The number of carboxylic acids is 2. The minimum Gasteiger partial charge on any atom is -0.481 e. The maximum Gasteiger partial charge on any atom is 0.314 e. The van der Waals surface area contributed by atoms with Crippen LogP contribution >= 0.6 is 0 Å². The molecule has 0 saturated heterocycles. The van der Waals surface area contributed by atoms with E-state index in [1.165, 1.54) is 13.8 Å². The summed E-state index contributed by atoms with van der Waals surface area (Å²) in [4.78, 5) is 41.2. The van der Waals surface area contributed by atoms with Crippen LogP contribution in [-0.2, 0) is 36.2 Å². The molecule has 1 radical (unpaired) electrons. The molecule has 0 aliphatic carbocycles. The first-order chi connectivity index (χ1) is 8.18. The molecule has 0 saturated carbocycles. The molecule has 2 N–H and O–H groups in total. The Kier molecular flexibility index (Phi) is 14.3. The second-order valence-electron chi connectivity index (χ2n) is 3.82. The summed E-state index contributed by atoms with van der Waals surface area (Å²) in [6.07, 6.45) is 0.759. The van der Waals surface area contributed by atoms with Gasteiger partial charge in [0.25, 0.3) is 0 Å². The second-order valence-corrected chi connectivity index (χ2v) is 3.82. The van der Waals surface area contributed by atoms with Gasteiger partial charge in [-0.1, -0.05) is 13.8 Å². The third-order valence-corrected chi connectivity index (χ3v) is 2.39. The van der Waals surface area contributed by atoms with E-state index in [4.69, 9.17) is 10.2 Å². The SMILES string of the molecule is CCC(C(C)=O)C(=O)O.CCC(C(C)=O)C(=O)O.[Cu]. The van der Waals surface area contributed by atoms with Gasteiger partial charge in [0, 0.05) is 17.1 Å². The number of rotatable bonds is 6. The van der Waals surface area contributed by atoms with Crippen molar-refractivity contribution in [3.05, 3.63) is 0 Å². The number of aliphatic carboxylic acids is 2. The maximum absolute atomic E-state index is 10.4. The van der Waals surface area contributed by atoms with Gasteiger partial charge in [-0.25, -0.2) is 0 Å². The average Bonchev–Trinajstić information content (AvgIpc) is 2.17. The smallest absolute Gasteiger partial charge is 0.314 e. The van der Waals surface area contributed by atoms with Gasteiger partial charge in [0.2, 0.25) is 0 Å². The van der Waals surface area contributed by atoms with Crippen molar-refractivity contribution >= 4 is 23.5 Å². The minimum absolute atomic E-state index is 0. The number of ketones is 2. The molecule has 0 amide bonds. The molecule has 6 nitrogen and oxygen atoms in total. The van der Waals surface area contributed by atoms with Crippen LogP contribution in [0.15, 0.2) is 0 Å². The van der Waals surface area contributed by atoms with Crippen LogP contribution in [0.5, 0.6) is 0 Å². The first-order valence-electron chi connectivity index (χ1n) is 5.65. The van der Waals surface area contributed by atoms with Crippen LogP contribution in [0.4, 0.5) is 0 Å². The van der Waals surface area contributed by atoms with E-state index in [1.807, 2.05) is 0 Å². The molecular weight excluding hydrogens is 304 g/mol. The van der Waals surface area contributed by atoms with Crippen molar-refractivity contribution in [1.29, 1.82) is 0 Å². The van der Waals surface area contributed by atoms with Crippen molar-refractivity contribution < 1.29 is 46.5 Å². The van der Waals surface area contributed by atoms with Crippen LogP contribution in [0.25, 0.3) is 0 Å². The van der Waals surface area contributed by atoms with Gasteiger partial charge in [0.05, 0.1) is 0 Å². The summed E-state index contributed by atoms with van der Waals surface area (Å²) in [7, 11) is 0. The Morgan fingerprint density at radius 1 is 0.789 bits per heavy atom. The summed E-state index contributed by atoms with van der Waals surface area (Å²) in [5.74, 6) is -4.19. The zero-order valence-electron chi connectivity index (χ0n) is 11.4. The molecular formula is C12H20CuO6. The molecule has 19 heavy (non-hydrogen) atoms. The Labute approximate surface area is 123 Å². The first-order valence-corrected chi connectivity index (χ1v) is 5.65. The first kappa shape index (κ1) is 22.9. The maximum atomic E-state index is 10.4. The Morgan fingerprint density at radius 2 is 1.00 bits per heavy atom. The zero-order valence-corrected chi connectivity index (χ0v) is 12.3. The Balaban J connectivity index is -0.000000256. The number of hydrogen-bond acceptors (Lipinski definition) is 4. The second kappa shape index (κ2) is 11.9. The van der Waals surface area contributed by atoms with Gasteiger partial charge in [-0.2, -0.15) is 0 Å². The third kappa shape index (κ3) is 10.4. The summed E-state index contributed by atoms with van der Waals surface area (Å²) < 4.78 is 0. The summed E-state index contributed by atoms with van der Waals surface area (Å²) in [6, 6.07) is 0. The molecule has 0 bridgehead atoms. The van der Waals surface area contributed by atoms with E-state index < -0.39 is 23.8 Å². The van der Waals surface area contributed by atoms with E-state index >= 15 is 0 Å². The summed E-state index contributed by atoms with van der Waals surface area (Å²) in [6.45, 7) is 5.95. The number of carboxylic acid groups (broad SMARTS) is 2. The van der Waals surface area contributed by atoms with Crippen LogP contribution in [0.1, 0.15) is 40.5 Å². The van der Waals surface area contributed by atoms with Crippen molar-refractivity contribution in [3.63, 3.8) is 0 Å². The van der Waals surface area contributed by atoms with Crippen LogP contribution in [-0.4, -0.2) is 33.7 Å². The fraction of sp³-hybridized carbons (Fsp3) is 0.667. The minimum atomic E-state index is -1.02. The van der Waals surface area contributed by atoms with Crippen molar-refractivity contribution in [2.75, 3.05) is 0 Å². The van der Waals surface area contributed by atoms with Gasteiger partial charge in [0.15, 0.2) is 0 Å². The molecule has 0 fully saturated rings. The quantitative estimate of drug-likeness (QED) is 0.564. The number of hydrogen-bond donors (Lipinski definition) is 2. The predicted octanol–water partition coefficient (Wildman–Crippen LogP) is 1.37. The van der Waals surface area contributed by atoms with E-state index in [9.17, 15) is 19.2 Å². The standard InChI is InChI=1S/2C6H10O3.Cu/c2*1-3-5(4(2)7)6(8)9;/h2*5H,3H2,1-2H3,(H,8,9);. The molecule has 0 aliphatic rings. The van der Waals surface area contributed by atoms with E-state index in [1.54, 1.807) is 13.8 Å². The normalized spacial score (nSPS) is 12.0. The van der Waals surface area contributed by atoms with Crippen LogP contribution in [0, 0.1) is 11.8 Å². The summed E-state index contributed by atoms with van der Waals surface area (Å²) >= 11 is 0. The van der Waals surface area contributed by atoms with Crippen molar-refractivity contribution in [3.8, 4) is 0 Å². The largest absolute Gasteiger partial charge is 0.481 e. The fourth-order valence-electron chi connectivity index (χ4n) is 1.27. The Hall–Kier alpha value is -1.20. The Morgan fingerprint density at radius 3 is 1.00 bits per heavy atom. The summed E-state index contributed by atoms with van der Waals surface area (Å²) in [5.41, 5.74) is 0. The molecule has 115 valence electrons. The van der Waals surface area contributed by atoms with E-state index in [0.717, 1.165) is 0 Å². The zero-order chi connectivity index (χ0) is 14.9. The van der Waals surface area contributed by atoms with Crippen LogP contribution in [0.2, 0.25) is 0 Å². The van der Waals surface area contributed by atoms with E-state index in [-0.39, 0.29) is 28.6 Å². The van der Waals surface area contributed by atoms with Gasteiger partial charge in [0.1, 0.15) is 23.4 Å². The van der Waals surface area contributed by atoms with Gasteiger partial charge in [-0.3, -0.25) is 19.2 Å². The van der Waals surface area contributed by atoms with Crippen LogP contribution in [0.3, 0.4) is 0 Å². The average molecular weight is 324 g/mol. The van der Waals surface area contributed by atoms with Gasteiger partial charge >= 0.3 is 11.9 Å². The third-order valence-electron chi connectivity index (χ3n) is 2.39. The molecule has 2 unspecified atom stereocenters. The van der Waals surface area contributed by atoms with Gasteiger partial charge < -0.3 is 10.2 Å². The van der Waals surface area contributed by atoms with Crippen LogP contribution < -0.4 is 0 Å². The van der Waals surface area contributed by atoms with E-state index in [2.05, 4.69) is 0 Å². The molecule has 2 atom stereocenters. The van der Waals surface area contributed by atoms with Crippen molar-refractivity contribution in [2.45, 2.75) is 40.5 Å². The molecule has 0 aliphatic heterocycles. The fourth-order valence-corrected chi connectivity index (χ4v) is 1.27. The molecule has 0 aromatic heterocycles. The molecule has 0 spiro atoms. The van der Waals surface area contributed by atoms with Gasteiger partial charge in [-0.05, 0) is 26.7 Å². The number of carbonyl (C=O) groups excluding carboxylic acids is 2. The molecule has 7 heteroatoms. The Bertz CT molecular complexity index is 266. The summed E-state index contributed by atoms with van der Waals surface area (Å²) in [5, 5.41) is 16.6. The monoisotopic (exact) mass is 323 g/mol. The number of Topliss-reactive ketones (excluding diaryl/α,β-unsaturated/α-hetero) is 2. The molecule has 0 aromatic carbocycles. The number of carbonyl (C=O) groups is 4. The molecule has 0 aromatic rings. The topological polar surface area (TPSA) is 109 Å². The van der Waals surface area contributed by atoms with Crippen molar-refractivity contribution in [2.24, 2.45) is 11.8 Å². The molecule has 0 rings (SSSR count). The van der Waals surface area contributed by atoms with Gasteiger partial charge in [-0.15, -0.1) is 0 Å². The van der Waals surface area contributed by atoms with E-state index in [0.29, 0.717) is 12.8 Å².